The molecule has 0 aliphatic carbocycles. The van der Waals surface area contributed by atoms with E-state index in [4.69, 9.17) is 0 Å². The number of aliphatic carboxylic acids is 1. The Morgan fingerprint density at radius 2 is 1.85 bits per heavy atom. The van der Waals surface area contributed by atoms with Gasteiger partial charge in [-0.25, -0.2) is 17.6 Å². The van der Waals surface area contributed by atoms with Crippen LogP contribution >= 0.6 is 0 Å². The minimum Gasteiger partial charge on any atom is -0.480 e. The number of hydrogen-bond donors (Lipinski definition) is 2. The van der Waals surface area contributed by atoms with Crippen molar-refractivity contribution < 1.29 is 27.5 Å². The molecule has 1 aliphatic heterocycles. The van der Waals surface area contributed by atoms with E-state index in [0.29, 0.717) is 19.3 Å². The number of carbonyl (C=O) groups is 2. The molecule has 0 aromatic heterocycles. The van der Waals surface area contributed by atoms with Gasteiger partial charge >= 0.3 is 5.97 Å². The molecule has 1 aromatic carbocycles. The molecule has 0 bridgehead atoms. The van der Waals surface area contributed by atoms with Crippen LogP contribution < -0.4 is 5.32 Å². The third-order valence-corrected chi connectivity index (χ3v) is 6.33. The minimum atomic E-state index is -3.99. The predicted octanol–water partition coefficient (Wildman–Crippen LogP) is 1.59. The summed E-state index contributed by atoms with van der Waals surface area (Å²) in [7, 11) is -3.99. The molecule has 1 fully saturated rings. The second-order valence-corrected chi connectivity index (χ2v) is 8.54. The van der Waals surface area contributed by atoms with Crippen molar-refractivity contribution in [3.63, 3.8) is 0 Å². The van der Waals surface area contributed by atoms with Gasteiger partial charge in [0.15, 0.2) is 0 Å². The molecule has 1 saturated heterocycles. The molecule has 1 aromatic rings. The first-order chi connectivity index (χ1) is 12.1. The number of halogens is 1. The first kappa shape index (κ1) is 20.3. The minimum absolute atomic E-state index is 0.0998. The first-order valence-electron chi connectivity index (χ1n) is 8.45. The Bertz CT molecular complexity index is 764. The van der Waals surface area contributed by atoms with Gasteiger partial charge in [0.1, 0.15) is 17.9 Å². The molecule has 26 heavy (non-hydrogen) atoms. The van der Waals surface area contributed by atoms with Crippen LogP contribution in [0, 0.1) is 11.7 Å². The van der Waals surface area contributed by atoms with E-state index >= 15 is 0 Å². The number of nitrogens with one attached hydrogen (secondary N) is 1. The summed E-state index contributed by atoms with van der Waals surface area (Å²) in [4.78, 5) is 23.8. The Hall–Kier alpha value is -2.00. The smallest absolute Gasteiger partial charge is 0.326 e. The molecule has 1 heterocycles. The fourth-order valence-electron chi connectivity index (χ4n) is 2.96. The molecule has 1 aliphatic rings. The number of rotatable bonds is 6. The summed E-state index contributed by atoms with van der Waals surface area (Å²) in [6.45, 7) is 3.47. The molecule has 2 atom stereocenters. The average molecular weight is 386 g/mol. The van der Waals surface area contributed by atoms with Gasteiger partial charge in [-0.05, 0) is 43.0 Å². The largest absolute Gasteiger partial charge is 0.480 e. The Balaban J connectivity index is 2.27. The lowest BCUT2D eigenvalue weighted by molar-refractivity contribution is -0.143. The summed E-state index contributed by atoms with van der Waals surface area (Å²) in [6, 6.07) is 2.32. The van der Waals surface area contributed by atoms with Gasteiger partial charge < -0.3 is 10.4 Å². The SMILES string of the molecule is CC(C)[C@@H](NC(=O)[C@H]1CCCCN1S(=O)(=O)c1ccc(F)cc1)C(=O)O. The number of amides is 1. The highest BCUT2D eigenvalue weighted by atomic mass is 32.2. The monoisotopic (exact) mass is 386 g/mol. The van der Waals surface area contributed by atoms with Gasteiger partial charge in [0.2, 0.25) is 15.9 Å². The Kier molecular flexibility index (Phi) is 6.35. The molecular formula is C17H23FN2O5S. The second-order valence-electron chi connectivity index (χ2n) is 6.65. The lowest BCUT2D eigenvalue weighted by Gasteiger charge is -2.34. The van der Waals surface area contributed by atoms with E-state index in [1.54, 1.807) is 13.8 Å². The van der Waals surface area contributed by atoms with E-state index in [1.165, 1.54) is 0 Å². The number of piperidine rings is 1. The number of hydrogen-bond acceptors (Lipinski definition) is 4. The van der Waals surface area contributed by atoms with Gasteiger partial charge in [0.25, 0.3) is 0 Å². The molecule has 1 amide bonds. The molecule has 0 spiro atoms. The Labute approximate surface area is 152 Å². The summed E-state index contributed by atoms with van der Waals surface area (Å²) in [5.74, 6) is -2.70. The van der Waals surface area contributed by atoms with Crippen LogP contribution in [0.25, 0.3) is 0 Å². The number of benzene rings is 1. The van der Waals surface area contributed by atoms with Crippen molar-refractivity contribution in [3.05, 3.63) is 30.1 Å². The number of nitrogens with zero attached hydrogens (tertiary/aromatic N) is 1. The summed E-state index contributed by atoms with van der Waals surface area (Å²) in [5.41, 5.74) is 0. The summed E-state index contributed by atoms with van der Waals surface area (Å²) in [6.07, 6.45) is 1.56. The van der Waals surface area contributed by atoms with Crippen LogP contribution in [-0.2, 0) is 19.6 Å². The van der Waals surface area contributed by atoms with Crippen LogP contribution in [0.2, 0.25) is 0 Å². The van der Waals surface area contributed by atoms with E-state index in [2.05, 4.69) is 5.32 Å². The third-order valence-electron chi connectivity index (χ3n) is 4.41. The van der Waals surface area contributed by atoms with Crippen molar-refractivity contribution in [1.82, 2.24) is 9.62 Å². The molecule has 2 rings (SSSR count). The van der Waals surface area contributed by atoms with Crippen LogP contribution in [0.4, 0.5) is 4.39 Å². The standard InChI is InChI=1S/C17H23FN2O5S/c1-11(2)15(17(22)23)19-16(21)14-5-3-4-10-20(14)26(24,25)13-8-6-12(18)7-9-13/h6-9,11,14-15H,3-5,10H2,1-2H3,(H,19,21)(H,22,23)/t14-,15-/m1/s1. The highest BCUT2D eigenvalue weighted by molar-refractivity contribution is 7.89. The topological polar surface area (TPSA) is 104 Å². The van der Waals surface area contributed by atoms with E-state index in [0.717, 1.165) is 28.6 Å². The van der Waals surface area contributed by atoms with Crippen LogP contribution in [-0.4, -0.2) is 48.3 Å². The van der Waals surface area contributed by atoms with E-state index in [-0.39, 0.29) is 17.4 Å². The van der Waals surface area contributed by atoms with E-state index in [9.17, 15) is 27.5 Å². The van der Waals surface area contributed by atoms with Crippen LogP contribution in [0.3, 0.4) is 0 Å². The molecule has 0 unspecified atom stereocenters. The summed E-state index contributed by atoms with van der Waals surface area (Å²) >= 11 is 0. The van der Waals surface area contributed by atoms with Gasteiger partial charge in [-0.1, -0.05) is 20.3 Å². The lowest BCUT2D eigenvalue weighted by Crippen LogP contribution is -2.55. The van der Waals surface area contributed by atoms with Gasteiger partial charge in [0.05, 0.1) is 4.90 Å². The number of carbonyl (C=O) groups excluding carboxylic acids is 1. The normalized spacial score (nSPS) is 19.9. The molecular weight excluding hydrogens is 363 g/mol. The highest BCUT2D eigenvalue weighted by Crippen LogP contribution is 2.26. The zero-order valence-electron chi connectivity index (χ0n) is 14.7. The molecule has 144 valence electrons. The van der Waals surface area contributed by atoms with Crippen LogP contribution in [0.1, 0.15) is 33.1 Å². The lowest BCUT2D eigenvalue weighted by atomic mass is 10.0. The van der Waals surface area contributed by atoms with Crippen molar-refractivity contribution in [2.75, 3.05) is 6.54 Å². The van der Waals surface area contributed by atoms with Crippen LogP contribution in [0.5, 0.6) is 0 Å². The third kappa shape index (κ3) is 4.39. The number of carboxylic acids is 1. The average Bonchev–Trinajstić information content (AvgIpc) is 2.59. The molecule has 9 heteroatoms. The maximum absolute atomic E-state index is 13.1. The second kappa shape index (κ2) is 8.13. The fraction of sp³-hybridized carbons (Fsp3) is 0.529. The van der Waals surface area contributed by atoms with E-state index in [1.807, 2.05) is 0 Å². The number of carboxylic acid groups (broad SMARTS) is 1. The van der Waals surface area contributed by atoms with Crippen LogP contribution in [0.15, 0.2) is 29.2 Å². The Morgan fingerprint density at radius 1 is 1.23 bits per heavy atom. The molecule has 0 radical (unpaired) electrons. The first-order valence-corrected chi connectivity index (χ1v) is 9.89. The zero-order chi connectivity index (χ0) is 19.5. The van der Waals surface area contributed by atoms with Crippen molar-refractivity contribution in [2.24, 2.45) is 5.92 Å². The highest BCUT2D eigenvalue weighted by Gasteiger charge is 2.39. The molecule has 7 nitrogen and oxygen atoms in total. The summed E-state index contributed by atoms with van der Waals surface area (Å²) in [5, 5.41) is 11.7. The van der Waals surface area contributed by atoms with E-state index < -0.39 is 39.8 Å². The van der Waals surface area contributed by atoms with Crippen molar-refractivity contribution in [3.8, 4) is 0 Å². The predicted molar refractivity (Wildman–Crippen MR) is 92.3 cm³/mol. The van der Waals surface area contributed by atoms with Gasteiger partial charge in [-0.15, -0.1) is 0 Å². The Morgan fingerprint density at radius 3 is 2.38 bits per heavy atom. The quantitative estimate of drug-likeness (QED) is 0.773. The van der Waals surface area contributed by atoms with Crippen molar-refractivity contribution >= 4 is 21.9 Å². The van der Waals surface area contributed by atoms with Gasteiger partial charge in [-0.3, -0.25) is 4.79 Å². The van der Waals surface area contributed by atoms with Crippen molar-refractivity contribution in [2.45, 2.75) is 50.1 Å². The molecule has 0 saturated carbocycles. The fourth-order valence-corrected chi connectivity index (χ4v) is 4.62. The summed E-state index contributed by atoms with van der Waals surface area (Å²) < 4.78 is 39.9. The number of sulfonamides is 1. The zero-order valence-corrected chi connectivity index (χ0v) is 15.5. The maximum atomic E-state index is 13.1. The van der Waals surface area contributed by atoms with Crippen molar-refractivity contribution in [1.29, 1.82) is 0 Å². The molecule has 2 N–H and O–H groups in total. The van der Waals surface area contributed by atoms with Gasteiger partial charge in [0, 0.05) is 6.54 Å². The maximum Gasteiger partial charge on any atom is 0.326 e. The van der Waals surface area contributed by atoms with Gasteiger partial charge in [-0.2, -0.15) is 4.31 Å².